The van der Waals surface area contributed by atoms with Crippen molar-refractivity contribution in [1.29, 1.82) is 0 Å². The zero-order valence-electron chi connectivity index (χ0n) is 17.1. The summed E-state index contributed by atoms with van der Waals surface area (Å²) >= 11 is 1.02. The van der Waals surface area contributed by atoms with Crippen LogP contribution in [0, 0.1) is 12.3 Å². The number of hydrogen-bond acceptors (Lipinski definition) is 4. The average molecular weight is 427 g/mol. The van der Waals surface area contributed by atoms with Gasteiger partial charge in [0.15, 0.2) is 0 Å². The fourth-order valence-electron chi connectivity index (χ4n) is 2.40. The number of hydrogen-bond donors (Lipinski definition) is 2. The summed E-state index contributed by atoms with van der Waals surface area (Å²) < 4.78 is 40.4. The SMILES string of the molecule is Cc1cc(NC(=O)C(C)(C)C)sc1C(=O)Nc1ccc(N(C)C)cc1C(F)(F)F. The molecule has 2 aromatic rings. The second kappa shape index (κ2) is 8.06. The molecule has 0 bridgehead atoms. The van der Waals surface area contributed by atoms with Gasteiger partial charge < -0.3 is 15.5 Å². The lowest BCUT2D eigenvalue weighted by Crippen LogP contribution is -2.27. The van der Waals surface area contributed by atoms with Gasteiger partial charge in [0, 0.05) is 25.2 Å². The summed E-state index contributed by atoms with van der Waals surface area (Å²) in [4.78, 5) is 26.5. The number of nitrogens with zero attached hydrogens (tertiary/aromatic N) is 1. The highest BCUT2D eigenvalue weighted by molar-refractivity contribution is 7.18. The summed E-state index contributed by atoms with van der Waals surface area (Å²) in [6.07, 6.45) is -4.62. The van der Waals surface area contributed by atoms with Crippen LogP contribution < -0.4 is 15.5 Å². The van der Waals surface area contributed by atoms with Gasteiger partial charge in [0.25, 0.3) is 5.91 Å². The third kappa shape index (κ3) is 5.50. The number of carbonyl (C=O) groups excluding carboxylic acids is 2. The van der Waals surface area contributed by atoms with Crippen molar-refractivity contribution in [2.24, 2.45) is 5.41 Å². The first-order valence-electron chi connectivity index (χ1n) is 8.82. The topological polar surface area (TPSA) is 61.4 Å². The highest BCUT2D eigenvalue weighted by atomic mass is 32.1. The molecule has 0 atom stereocenters. The monoisotopic (exact) mass is 427 g/mol. The molecule has 1 aromatic heterocycles. The molecule has 0 aliphatic heterocycles. The number of thiophene rings is 1. The van der Waals surface area contributed by atoms with Gasteiger partial charge in [-0.3, -0.25) is 9.59 Å². The maximum Gasteiger partial charge on any atom is 0.418 e. The molecule has 0 unspecified atom stereocenters. The zero-order valence-corrected chi connectivity index (χ0v) is 17.9. The van der Waals surface area contributed by atoms with Gasteiger partial charge in [-0.2, -0.15) is 13.2 Å². The third-order valence-corrected chi connectivity index (χ3v) is 5.27. The Bertz CT molecular complexity index is 928. The maximum atomic E-state index is 13.5. The Hall–Kier alpha value is -2.55. The molecule has 0 radical (unpaired) electrons. The van der Waals surface area contributed by atoms with E-state index in [0.717, 1.165) is 17.4 Å². The lowest BCUT2D eigenvalue weighted by molar-refractivity contribution is -0.136. The van der Waals surface area contributed by atoms with E-state index in [9.17, 15) is 22.8 Å². The standard InChI is InChI=1S/C20H24F3N3O2S/c1-11-9-15(25-18(28)19(2,3)4)29-16(11)17(27)24-14-8-7-12(26(5)6)10-13(14)20(21,22)23/h7-10H,1-6H3,(H,24,27)(H,25,28). The minimum atomic E-state index is -4.62. The van der Waals surface area contributed by atoms with Crippen LogP contribution in [0.25, 0.3) is 0 Å². The molecule has 0 spiro atoms. The number of carbonyl (C=O) groups is 2. The van der Waals surface area contributed by atoms with Gasteiger partial charge in [-0.05, 0) is 36.8 Å². The molecule has 0 saturated heterocycles. The Morgan fingerprint density at radius 3 is 2.17 bits per heavy atom. The van der Waals surface area contributed by atoms with E-state index in [2.05, 4.69) is 10.6 Å². The van der Waals surface area contributed by atoms with Crippen LogP contribution in [0.15, 0.2) is 24.3 Å². The van der Waals surface area contributed by atoms with Gasteiger partial charge in [-0.1, -0.05) is 20.8 Å². The van der Waals surface area contributed by atoms with Crippen LogP contribution in [0.5, 0.6) is 0 Å². The number of amides is 2. The molecule has 5 nitrogen and oxygen atoms in total. The first kappa shape index (κ1) is 22.7. The molecule has 158 valence electrons. The van der Waals surface area contributed by atoms with E-state index in [1.54, 1.807) is 52.8 Å². The largest absolute Gasteiger partial charge is 0.418 e. The van der Waals surface area contributed by atoms with Crippen LogP contribution in [0.2, 0.25) is 0 Å². The smallest absolute Gasteiger partial charge is 0.378 e. The molecule has 0 fully saturated rings. The number of nitrogens with one attached hydrogen (secondary N) is 2. The highest BCUT2D eigenvalue weighted by Gasteiger charge is 2.35. The van der Waals surface area contributed by atoms with Crippen LogP contribution in [-0.4, -0.2) is 25.9 Å². The van der Waals surface area contributed by atoms with E-state index in [4.69, 9.17) is 0 Å². The third-order valence-electron chi connectivity index (χ3n) is 4.12. The maximum absolute atomic E-state index is 13.5. The van der Waals surface area contributed by atoms with E-state index in [1.165, 1.54) is 12.1 Å². The molecule has 2 amide bonds. The molecule has 29 heavy (non-hydrogen) atoms. The van der Waals surface area contributed by atoms with Crippen LogP contribution in [0.3, 0.4) is 0 Å². The molecule has 0 aliphatic rings. The predicted molar refractivity (Wildman–Crippen MR) is 111 cm³/mol. The van der Waals surface area contributed by atoms with Gasteiger partial charge in [0.2, 0.25) is 5.91 Å². The van der Waals surface area contributed by atoms with E-state index < -0.39 is 23.1 Å². The molecular formula is C20H24F3N3O2S. The lowest BCUT2D eigenvalue weighted by Gasteiger charge is -2.18. The first-order chi connectivity index (χ1) is 13.2. The number of anilines is 3. The van der Waals surface area contributed by atoms with Gasteiger partial charge in [-0.15, -0.1) is 11.3 Å². The van der Waals surface area contributed by atoms with Crippen molar-refractivity contribution in [1.82, 2.24) is 0 Å². The fourth-order valence-corrected chi connectivity index (χ4v) is 3.36. The Morgan fingerprint density at radius 2 is 1.66 bits per heavy atom. The molecule has 0 saturated carbocycles. The van der Waals surface area contributed by atoms with Crippen molar-refractivity contribution in [3.63, 3.8) is 0 Å². The van der Waals surface area contributed by atoms with Crippen molar-refractivity contribution in [2.75, 3.05) is 29.6 Å². The number of benzene rings is 1. The van der Waals surface area contributed by atoms with Crippen molar-refractivity contribution in [3.05, 3.63) is 40.3 Å². The summed E-state index contributed by atoms with van der Waals surface area (Å²) in [6, 6.07) is 5.36. The van der Waals surface area contributed by atoms with Crippen LogP contribution >= 0.6 is 11.3 Å². The first-order valence-corrected chi connectivity index (χ1v) is 9.63. The summed E-state index contributed by atoms with van der Waals surface area (Å²) in [6.45, 7) is 6.93. The second-order valence-electron chi connectivity index (χ2n) is 7.90. The minimum absolute atomic E-state index is 0.218. The summed E-state index contributed by atoms with van der Waals surface area (Å²) in [7, 11) is 3.27. The van der Waals surface area contributed by atoms with Gasteiger partial charge >= 0.3 is 6.18 Å². The predicted octanol–water partition coefficient (Wildman–Crippen LogP) is 5.38. The van der Waals surface area contributed by atoms with Gasteiger partial charge in [-0.25, -0.2) is 0 Å². The summed E-state index contributed by atoms with van der Waals surface area (Å²) in [5.41, 5.74) is -0.922. The molecule has 1 heterocycles. The van der Waals surface area contributed by atoms with E-state index in [0.29, 0.717) is 16.3 Å². The van der Waals surface area contributed by atoms with E-state index >= 15 is 0 Å². The molecule has 2 rings (SSSR count). The number of aryl methyl sites for hydroxylation is 1. The van der Waals surface area contributed by atoms with Crippen molar-refractivity contribution >= 4 is 39.5 Å². The highest BCUT2D eigenvalue weighted by Crippen LogP contribution is 2.38. The Balaban J connectivity index is 2.30. The average Bonchev–Trinajstić information content (AvgIpc) is 2.93. The van der Waals surface area contributed by atoms with E-state index in [-0.39, 0.29) is 16.5 Å². The van der Waals surface area contributed by atoms with Crippen LogP contribution in [0.1, 0.15) is 41.6 Å². The molecule has 2 N–H and O–H groups in total. The molecule has 0 aliphatic carbocycles. The normalized spacial score (nSPS) is 11.9. The van der Waals surface area contributed by atoms with Gasteiger partial charge in [0.1, 0.15) is 0 Å². The lowest BCUT2D eigenvalue weighted by atomic mass is 9.96. The Kier molecular flexibility index (Phi) is 6.32. The molecular weight excluding hydrogens is 403 g/mol. The zero-order chi connectivity index (χ0) is 22.1. The Morgan fingerprint density at radius 1 is 1.03 bits per heavy atom. The molecule has 1 aromatic carbocycles. The summed E-state index contributed by atoms with van der Waals surface area (Å²) in [5, 5.41) is 5.55. The van der Waals surface area contributed by atoms with Crippen molar-refractivity contribution in [3.8, 4) is 0 Å². The van der Waals surface area contributed by atoms with Gasteiger partial charge in [0.05, 0.1) is 21.1 Å². The summed E-state index contributed by atoms with van der Waals surface area (Å²) in [5.74, 6) is -0.879. The fraction of sp³-hybridized carbons (Fsp3) is 0.400. The molecule has 9 heteroatoms. The second-order valence-corrected chi connectivity index (χ2v) is 8.96. The number of rotatable bonds is 4. The number of alkyl halides is 3. The Labute approximate surface area is 171 Å². The minimum Gasteiger partial charge on any atom is -0.378 e. The van der Waals surface area contributed by atoms with E-state index in [1.807, 2.05) is 0 Å². The van der Waals surface area contributed by atoms with Crippen LogP contribution in [-0.2, 0) is 11.0 Å². The van der Waals surface area contributed by atoms with Crippen molar-refractivity contribution in [2.45, 2.75) is 33.9 Å². The van der Waals surface area contributed by atoms with Crippen LogP contribution in [0.4, 0.5) is 29.5 Å². The quantitative estimate of drug-likeness (QED) is 0.689. The number of halogens is 3. The van der Waals surface area contributed by atoms with Crippen molar-refractivity contribution < 1.29 is 22.8 Å².